The van der Waals surface area contributed by atoms with Gasteiger partial charge in [0.25, 0.3) is 5.91 Å². The maximum Gasteiger partial charge on any atom is 0.284 e. The van der Waals surface area contributed by atoms with E-state index in [4.69, 9.17) is 14.2 Å². The van der Waals surface area contributed by atoms with Gasteiger partial charge in [0.1, 0.15) is 19.0 Å². The first-order valence-electron chi connectivity index (χ1n) is 7.76. The van der Waals surface area contributed by atoms with Crippen molar-refractivity contribution in [1.29, 1.82) is 0 Å². The van der Waals surface area contributed by atoms with Crippen LogP contribution in [0.25, 0.3) is 0 Å². The van der Waals surface area contributed by atoms with Crippen molar-refractivity contribution < 1.29 is 28.9 Å². The summed E-state index contributed by atoms with van der Waals surface area (Å²) >= 11 is 0. The molecule has 0 aromatic heterocycles. The van der Waals surface area contributed by atoms with Gasteiger partial charge in [-0.3, -0.25) is 4.79 Å². The number of carboxylic acid groups (broad SMARTS) is 1. The Kier molecular flexibility index (Phi) is 5.33. The average Bonchev–Trinajstić information content (AvgIpc) is 2.66. The highest BCUT2D eigenvalue weighted by Gasteiger charge is 2.26. The highest BCUT2D eigenvalue weighted by molar-refractivity contribution is 5.86. The van der Waals surface area contributed by atoms with Crippen molar-refractivity contribution in [2.75, 3.05) is 13.2 Å². The zero-order chi connectivity index (χ0) is 18.4. The number of para-hydroxylation sites is 3. The van der Waals surface area contributed by atoms with Crippen molar-refractivity contribution >= 4 is 18.1 Å². The summed E-state index contributed by atoms with van der Waals surface area (Å²) in [6, 6.07) is 13.7. The molecule has 0 fully saturated rings. The molecule has 0 saturated heterocycles. The Bertz CT molecular complexity index is 836. The van der Waals surface area contributed by atoms with Crippen LogP contribution in [0.4, 0.5) is 0 Å². The molecule has 0 unspecified atom stereocenters. The fraction of sp³-hybridized carbons (Fsp3) is 0.167. The van der Waals surface area contributed by atoms with Gasteiger partial charge in [0.15, 0.2) is 11.5 Å². The van der Waals surface area contributed by atoms with E-state index in [-0.39, 0.29) is 6.61 Å². The minimum Gasteiger partial charge on any atom is -0.546 e. The first-order valence-corrected chi connectivity index (χ1v) is 7.76. The molecule has 1 aliphatic heterocycles. The third kappa shape index (κ3) is 4.29. The van der Waals surface area contributed by atoms with Crippen LogP contribution in [-0.4, -0.2) is 37.4 Å². The molecule has 0 spiro atoms. The smallest absolute Gasteiger partial charge is 0.284 e. The van der Waals surface area contributed by atoms with Crippen molar-refractivity contribution in [3.63, 3.8) is 0 Å². The highest BCUT2D eigenvalue weighted by atomic mass is 16.6. The Morgan fingerprint density at radius 3 is 2.73 bits per heavy atom. The number of carboxylic acids is 1. The molecule has 8 heteroatoms. The van der Waals surface area contributed by atoms with Gasteiger partial charge in [-0.1, -0.05) is 24.3 Å². The van der Waals surface area contributed by atoms with Gasteiger partial charge in [0.2, 0.25) is 6.10 Å². The summed E-state index contributed by atoms with van der Waals surface area (Å²) in [5, 5.41) is 14.4. The standard InChI is InChI=1S/C18H16N2O6/c21-17(22)11-25-13-6-2-1-5-12(13)9-19-20-18(23)16-10-24-14-7-3-4-8-15(14)26-16/h1-9,16H,10-11H2,(H,20,23)(H,21,22)/p-1/b19-9-/t16-/m1/s1. The number of hydrogen-bond acceptors (Lipinski definition) is 7. The molecule has 0 aliphatic carbocycles. The first kappa shape index (κ1) is 17.3. The first-order chi connectivity index (χ1) is 12.6. The molecule has 2 aromatic rings. The molecule has 2 aromatic carbocycles. The molecule has 1 N–H and O–H groups in total. The number of hydrazone groups is 1. The van der Waals surface area contributed by atoms with Gasteiger partial charge in [0.05, 0.1) is 12.2 Å². The molecule has 1 atom stereocenters. The van der Waals surface area contributed by atoms with Crippen molar-refractivity contribution in [2.24, 2.45) is 5.10 Å². The summed E-state index contributed by atoms with van der Waals surface area (Å²) in [5.74, 6) is -0.424. The predicted molar refractivity (Wildman–Crippen MR) is 89.0 cm³/mol. The summed E-state index contributed by atoms with van der Waals surface area (Å²) in [6.45, 7) is -0.506. The van der Waals surface area contributed by atoms with Crippen LogP contribution in [-0.2, 0) is 9.59 Å². The van der Waals surface area contributed by atoms with E-state index in [9.17, 15) is 14.7 Å². The predicted octanol–water partition coefficient (Wildman–Crippen LogP) is 0.105. The Labute approximate surface area is 149 Å². The van der Waals surface area contributed by atoms with E-state index in [1.807, 2.05) is 6.07 Å². The number of carbonyl (C=O) groups is 2. The lowest BCUT2D eigenvalue weighted by atomic mass is 10.2. The van der Waals surface area contributed by atoms with E-state index >= 15 is 0 Å². The fourth-order valence-electron chi connectivity index (χ4n) is 2.24. The second kappa shape index (κ2) is 8.02. The molecule has 0 bridgehead atoms. The number of benzene rings is 2. The number of nitrogens with one attached hydrogen (secondary N) is 1. The van der Waals surface area contributed by atoms with Gasteiger partial charge in [-0.05, 0) is 24.3 Å². The van der Waals surface area contributed by atoms with Gasteiger partial charge in [-0.25, -0.2) is 5.43 Å². The molecule has 0 radical (unpaired) electrons. The Balaban J connectivity index is 1.59. The molecular formula is C18H15N2O6-. The Morgan fingerprint density at radius 2 is 1.92 bits per heavy atom. The molecular weight excluding hydrogens is 340 g/mol. The topological polar surface area (TPSA) is 109 Å². The van der Waals surface area contributed by atoms with Crippen LogP contribution in [0.15, 0.2) is 53.6 Å². The van der Waals surface area contributed by atoms with Gasteiger partial charge in [-0.2, -0.15) is 5.10 Å². The summed E-state index contributed by atoms with van der Waals surface area (Å²) in [5.41, 5.74) is 2.87. The molecule has 0 saturated carbocycles. The third-order valence-corrected chi connectivity index (χ3v) is 3.44. The number of amides is 1. The van der Waals surface area contributed by atoms with Crippen LogP contribution >= 0.6 is 0 Å². The van der Waals surface area contributed by atoms with E-state index in [2.05, 4.69) is 10.5 Å². The van der Waals surface area contributed by atoms with Crippen LogP contribution in [0.3, 0.4) is 0 Å². The van der Waals surface area contributed by atoms with Gasteiger partial charge < -0.3 is 24.1 Å². The van der Waals surface area contributed by atoms with Gasteiger partial charge in [0, 0.05) is 5.56 Å². The van der Waals surface area contributed by atoms with Crippen LogP contribution in [0, 0.1) is 0 Å². The zero-order valence-electron chi connectivity index (χ0n) is 13.6. The lowest BCUT2D eigenvalue weighted by molar-refractivity contribution is -0.307. The van der Waals surface area contributed by atoms with Crippen molar-refractivity contribution in [1.82, 2.24) is 5.43 Å². The SMILES string of the molecule is O=C([O-])COc1ccccc1/C=N\NC(=O)[C@H]1COc2ccccc2O1. The third-order valence-electron chi connectivity index (χ3n) is 3.44. The number of ether oxygens (including phenoxy) is 3. The lowest BCUT2D eigenvalue weighted by Gasteiger charge is -2.24. The van der Waals surface area contributed by atoms with Crippen LogP contribution in [0.2, 0.25) is 0 Å². The van der Waals surface area contributed by atoms with Gasteiger partial charge >= 0.3 is 0 Å². The maximum atomic E-state index is 12.2. The Hall–Kier alpha value is -3.55. The normalized spacial score (nSPS) is 15.5. The highest BCUT2D eigenvalue weighted by Crippen LogP contribution is 2.30. The van der Waals surface area contributed by atoms with Crippen LogP contribution in [0.1, 0.15) is 5.56 Å². The number of aliphatic carboxylic acids is 1. The van der Waals surface area contributed by atoms with Crippen molar-refractivity contribution in [3.05, 3.63) is 54.1 Å². The molecule has 3 rings (SSSR count). The zero-order valence-corrected chi connectivity index (χ0v) is 13.6. The quantitative estimate of drug-likeness (QED) is 0.582. The average molecular weight is 355 g/mol. The molecule has 134 valence electrons. The summed E-state index contributed by atoms with van der Waals surface area (Å²) in [6.07, 6.45) is 0.520. The van der Waals surface area contributed by atoms with Crippen molar-refractivity contribution in [2.45, 2.75) is 6.10 Å². The second-order valence-electron chi connectivity index (χ2n) is 5.30. The second-order valence-corrected chi connectivity index (χ2v) is 5.30. The molecule has 26 heavy (non-hydrogen) atoms. The van der Waals surface area contributed by atoms with E-state index < -0.39 is 24.6 Å². The van der Waals surface area contributed by atoms with Gasteiger partial charge in [-0.15, -0.1) is 0 Å². The largest absolute Gasteiger partial charge is 0.546 e. The minimum absolute atomic E-state index is 0.0731. The van der Waals surface area contributed by atoms with E-state index in [0.29, 0.717) is 22.8 Å². The summed E-state index contributed by atoms with van der Waals surface area (Å²) in [4.78, 5) is 22.6. The number of hydrogen-bond donors (Lipinski definition) is 1. The molecule has 8 nitrogen and oxygen atoms in total. The molecule has 1 aliphatic rings. The number of carbonyl (C=O) groups excluding carboxylic acids is 2. The summed E-state index contributed by atoms with van der Waals surface area (Å²) < 4.78 is 16.2. The van der Waals surface area contributed by atoms with E-state index in [1.54, 1.807) is 42.5 Å². The molecule has 1 amide bonds. The number of nitrogens with zero attached hydrogens (tertiary/aromatic N) is 1. The fourth-order valence-corrected chi connectivity index (χ4v) is 2.24. The number of fused-ring (bicyclic) bond motifs is 1. The van der Waals surface area contributed by atoms with Crippen molar-refractivity contribution in [3.8, 4) is 17.2 Å². The summed E-state index contributed by atoms with van der Waals surface area (Å²) in [7, 11) is 0. The number of rotatable bonds is 6. The van der Waals surface area contributed by atoms with E-state index in [1.165, 1.54) is 6.21 Å². The Morgan fingerprint density at radius 1 is 1.19 bits per heavy atom. The lowest BCUT2D eigenvalue weighted by Crippen LogP contribution is -2.42. The minimum atomic E-state index is -1.33. The van der Waals surface area contributed by atoms with Crippen LogP contribution < -0.4 is 24.7 Å². The van der Waals surface area contributed by atoms with Crippen LogP contribution in [0.5, 0.6) is 17.2 Å². The maximum absolute atomic E-state index is 12.2. The van der Waals surface area contributed by atoms with E-state index in [0.717, 1.165) is 0 Å². The monoisotopic (exact) mass is 355 g/mol. The molecule has 1 heterocycles.